The minimum absolute atomic E-state index is 0.0421. The number of nitrogens with one attached hydrogen (secondary N) is 1. The number of benzene rings is 3. The molecule has 3 aromatic carbocycles. The van der Waals surface area contributed by atoms with Gasteiger partial charge in [0, 0.05) is 45.4 Å². The van der Waals surface area contributed by atoms with E-state index in [2.05, 4.69) is 5.32 Å². The summed E-state index contributed by atoms with van der Waals surface area (Å²) in [4.78, 5) is 31.8. The fraction of sp³-hybridized carbons (Fsp3) is 0.160. The Balaban J connectivity index is 1.64. The lowest BCUT2D eigenvalue weighted by molar-refractivity contribution is -0.118. The lowest BCUT2D eigenvalue weighted by atomic mass is 9.98. The maximum Gasteiger partial charge on any atom is 0.249 e. The molecule has 3 aromatic rings. The van der Waals surface area contributed by atoms with Gasteiger partial charge in [0.05, 0.1) is 17.8 Å². The first-order valence-electron chi connectivity index (χ1n) is 10.3. The SMILES string of the molecule is CN1C(=O)Cc2ccc(C3=NC(Cc4ccc(Cl)cc4Cl)C(=O)Nc4ccc(Cl)cc43)cc21. The third kappa shape index (κ3) is 4.12. The highest BCUT2D eigenvalue weighted by Gasteiger charge is 2.29. The third-order valence-electron chi connectivity index (χ3n) is 5.95. The molecule has 1 N–H and O–H groups in total. The number of likely N-dealkylation sites (N-methyl/N-ethyl adjacent to an activating group) is 1. The van der Waals surface area contributed by atoms with Gasteiger partial charge in [-0.2, -0.15) is 0 Å². The van der Waals surface area contributed by atoms with E-state index in [0.717, 1.165) is 22.4 Å². The van der Waals surface area contributed by atoms with Crippen molar-refractivity contribution in [3.05, 3.63) is 91.9 Å². The van der Waals surface area contributed by atoms with Crippen molar-refractivity contribution in [1.82, 2.24) is 0 Å². The van der Waals surface area contributed by atoms with Crippen molar-refractivity contribution in [2.75, 3.05) is 17.3 Å². The van der Waals surface area contributed by atoms with Gasteiger partial charge in [-0.25, -0.2) is 0 Å². The standard InChI is InChI=1S/C25H18Cl3N3O2/c1-31-22-9-15(3-2-14(22)10-23(31)32)24-18-11-16(26)6-7-20(18)30-25(33)21(29-24)8-13-4-5-17(27)12-19(13)28/h2-7,9,11-12,21H,8,10H2,1H3,(H,30,33). The molecule has 2 aliphatic heterocycles. The average molecular weight is 499 g/mol. The summed E-state index contributed by atoms with van der Waals surface area (Å²) < 4.78 is 0. The van der Waals surface area contributed by atoms with Crippen LogP contribution in [-0.4, -0.2) is 30.6 Å². The zero-order valence-electron chi connectivity index (χ0n) is 17.5. The molecule has 2 amide bonds. The van der Waals surface area contributed by atoms with Crippen LogP contribution in [0.25, 0.3) is 0 Å². The van der Waals surface area contributed by atoms with E-state index in [9.17, 15) is 9.59 Å². The lowest BCUT2D eigenvalue weighted by Crippen LogP contribution is -2.27. The van der Waals surface area contributed by atoms with Crippen LogP contribution in [0.2, 0.25) is 15.1 Å². The molecule has 5 nitrogen and oxygen atoms in total. The molecule has 8 heteroatoms. The maximum absolute atomic E-state index is 13.1. The highest BCUT2D eigenvalue weighted by molar-refractivity contribution is 6.35. The van der Waals surface area contributed by atoms with Crippen LogP contribution >= 0.6 is 34.8 Å². The maximum atomic E-state index is 13.1. The molecule has 2 heterocycles. The predicted octanol–water partition coefficient (Wildman–Crippen LogP) is 5.57. The summed E-state index contributed by atoms with van der Waals surface area (Å²) in [6.07, 6.45) is 0.676. The summed E-state index contributed by atoms with van der Waals surface area (Å²) in [7, 11) is 1.76. The second-order valence-corrected chi connectivity index (χ2v) is 9.37. The van der Waals surface area contributed by atoms with Crippen molar-refractivity contribution in [2.24, 2.45) is 4.99 Å². The summed E-state index contributed by atoms with van der Waals surface area (Å²) in [6, 6.07) is 15.6. The minimum Gasteiger partial charge on any atom is -0.324 e. The predicted molar refractivity (Wildman–Crippen MR) is 133 cm³/mol. The number of hydrogen-bond acceptors (Lipinski definition) is 3. The Morgan fingerprint density at radius 3 is 2.55 bits per heavy atom. The van der Waals surface area contributed by atoms with E-state index >= 15 is 0 Å². The van der Waals surface area contributed by atoms with Gasteiger partial charge >= 0.3 is 0 Å². The van der Waals surface area contributed by atoms with Gasteiger partial charge in [-0.1, -0.05) is 53.0 Å². The normalized spacial score (nSPS) is 17.3. The largest absolute Gasteiger partial charge is 0.324 e. The van der Waals surface area contributed by atoms with Crippen LogP contribution in [0.4, 0.5) is 11.4 Å². The molecular weight excluding hydrogens is 481 g/mol. The van der Waals surface area contributed by atoms with Gasteiger partial charge in [-0.05, 0) is 47.5 Å². The van der Waals surface area contributed by atoms with Gasteiger partial charge < -0.3 is 10.2 Å². The first-order chi connectivity index (χ1) is 15.8. The van der Waals surface area contributed by atoms with Gasteiger partial charge in [0.15, 0.2) is 0 Å². The molecule has 5 rings (SSSR count). The quantitative estimate of drug-likeness (QED) is 0.513. The summed E-state index contributed by atoms with van der Waals surface area (Å²) in [6.45, 7) is 0. The number of rotatable bonds is 3. The van der Waals surface area contributed by atoms with E-state index in [1.165, 1.54) is 0 Å². The van der Waals surface area contributed by atoms with Crippen LogP contribution < -0.4 is 10.2 Å². The first-order valence-corrected chi connectivity index (χ1v) is 11.5. The summed E-state index contributed by atoms with van der Waals surface area (Å²) >= 11 is 18.7. The molecule has 0 radical (unpaired) electrons. The number of carbonyl (C=O) groups excluding carboxylic acids is 2. The Morgan fingerprint density at radius 2 is 1.76 bits per heavy atom. The van der Waals surface area contributed by atoms with E-state index in [1.807, 2.05) is 18.2 Å². The second kappa shape index (κ2) is 8.49. The smallest absolute Gasteiger partial charge is 0.249 e. The highest BCUT2D eigenvalue weighted by atomic mass is 35.5. The molecule has 1 atom stereocenters. The van der Waals surface area contributed by atoms with E-state index in [-0.39, 0.29) is 11.8 Å². The number of amides is 2. The monoisotopic (exact) mass is 497 g/mol. The number of aliphatic imine (C=N–C) groups is 1. The number of carbonyl (C=O) groups is 2. The van der Waals surface area contributed by atoms with Crippen LogP contribution in [0.15, 0.2) is 59.6 Å². The van der Waals surface area contributed by atoms with Gasteiger partial charge in [0.1, 0.15) is 6.04 Å². The second-order valence-electron chi connectivity index (χ2n) is 8.09. The molecule has 33 heavy (non-hydrogen) atoms. The molecule has 0 saturated carbocycles. The summed E-state index contributed by atoms with van der Waals surface area (Å²) in [5.74, 6) is -0.200. The minimum atomic E-state index is -0.725. The Hall–Kier alpha value is -2.86. The number of hydrogen-bond donors (Lipinski definition) is 1. The number of nitrogens with zero attached hydrogens (tertiary/aromatic N) is 2. The first kappa shape index (κ1) is 22.0. The Bertz CT molecular complexity index is 1350. The van der Waals surface area contributed by atoms with Crippen molar-refractivity contribution in [3.63, 3.8) is 0 Å². The van der Waals surface area contributed by atoms with E-state index in [1.54, 1.807) is 48.3 Å². The number of anilines is 2. The fourth-order valence-corrected chi connectivity index (χ4v) is 4.83. The molecule has 0 fully saturated rings. The molecule has 0 spiro atoms. The molecular formula is C25H18Cl3N3O2. The Labute approximate surface area is 206 Å². The van der Waals surface area contributed by atoms with Crippen molar-refractivity contribution < 1.29 is 9.59 Å². The van der Waals surface area contributed by atoms with Crippen LogP contribution in [0.3, 0.4) is 0 Å². The topological polar surface area (TPSA) is 61.8 Å². The van der Waals surface area contributed by atoms with Crippen LogP contribution in [0, 0.1) is 0 Å². The fourth-order valence-electron chi connectivity index (χ4n) is 4.17. The van der Waals surface area contributed by atoms with Crippen LogP contribution in [0.5, 0.6) is 0 Å². The molecule has 0 aromatic heterocycles. The molecule has 2 aliphatic rings. The summed E-state index contributed by atoms with van der Waals surface area (Å²) in [5, 5.41) is 4.51. The van der Waals surface area contributed by atoms with Crippen molar-refractivity contribution >= 4 is 63.7 Å². The molecule has 1 unspecified atom stereocenters. The number of halogens is 3. The van der Waals surface area contributed by atoms with Gasteiger partial charge in [0.25, 0.3) is 0 Å². The number of benzodiazepines with no additional fused rings is 1. The van der Waals surface area contributed by atoms with Crippen molar-refractivity contribution in [1.29, 1.82) is 0 Å². The van der Waals surface area contributed by atoms with Gasteiger partial charge in [-0.15, -0.1) is 0 Å². The third-order valence-corrected chi connectivity index (χ3v) is 6.77. The van der Waals surface area contributed by atoms with Gasteiger partial charge in [-0.3, -0.25) is 14.6 Å². The summed E-state index contributed by atoms with van der Waals surface area (Å²) in [5.41, 5.74) is 5.33. The Morgan fingerprint density at radius 1 is 1.00 bits per heavy atom. The van der Waals surface area contributed by atoms with E-state index < -0.39 is 6.04 Å². The highest BCUT2D eigenvalue weighted by Crippen LogP contribution is 2.33. The average Bonchev–Trinajstić information content (AvgIpc) is 2.98. The van der Waals surface area contributed by atoms with Crippen molar-refractivity contribution in [3.8, 4) is 0 Å². The van der Waals surface area contributed by atoms with Crippen molar-refractivity contribution in [2.45, 2.75) is 18.9 Å². The zero-order valence-corrected chi connectivity index (χ0v) is 19.8. The van der Waals surface area contributed by atoms with Crippen LogP contribution in [0.1, 0.15) is 22.3 Å². The van der Waals surface area contributed by atoms with Gasteiger partial charge in [0.2, 0.25) is 11.8 Å². The number of fused-ring (bicyclic) bond motifs is 2. The van der Waals surface area contributed by atoms with E-state index in [0.29, 0.717) is 44.9 Å². The molecule has 0 saturated heterocycles. The molecule has 0 aliphatic carbocycles. The Kier molecular flexibility index (Phi) is 5.65. The molecule has 166 valence electrons. The lowest BCUT2D eigenvalue weighted by Gasteiger charge is -2.15. The molecule has 0 bridgehead atoms. The van der Waals surface area contributed by atoms with Crippen LogP contribution in [-0.2, 0) is 22.4 Å². The zero-order chi connectivity index (χ0) is 23.3. The van der Waals surface area contributed by atoms with E-state index in [4.69, 9.17) is 39.8 Å².